The second-order valence-corrected chi connectivity index (χ2v) is 6.38. The number of benzene rings is 2. The predicted octanol–water partition coefficient (Wildman–Crippen LogP) is 3.03. The Kier molecular flexibility index (Phi) is 8.22. The van der Waals surface area contributed by atoms with Gasteiger partial charge in [0.15, 0.2) is 23.9 Å². The van der Waals surface area contributed by atoms with Crippen LogP contribution in [0.25, 0.3) is 0 Å². The van der Waals surface area contributed by atoms with Crippen molar-refractivity contribution < 1.29 is 33.3 Å². The van der Waals surface area contributed by atoms with Crippen molar-refractivity contribution in [2.24, 2.45) is 0 Å². The molecule has 0 unspecified atom stereocenters. The summed E-state index contributed by atoms with van der Waals surface area (Å²) in [5, 5.41) is 2.62. The highest BCUT2D eigenvalue weighted by molar-refractivity contribution is 5.98. The fourth-order valence-corrected chi connectivity index (χ4v) is 2.77. The van der Waals surface area contributed by atoms with Gasteiger partial charge in [0.25, 0.3) is 0 Å². The number of ether oxygens (including phenoxy) is 4. The molecule has 0 bridgehead atoms. The summed E-state index contributed by atoms with van der Waals surface area (Å²) in [6, 6.07) is 9.88. The molecule has 0 saturated carbocycles. The molecule has 0 atom stereocenters. The maximum atomic E-state index is 12.2. The normalized spacial score (nSPS) is 10.1. The van der Waals surface area contributed by atoms with Crippen molar-refractivity contribution in [1.82, 2.24) is 0 Å². The molecule has 8 nitrogen and oxygen atoms in total. The fraction of sp³-hybridized carbons (Fsp3) is 0.318. The predicted molar refractivity (Wildman–Crippen MR) is 110 cm³/mol. The summed E-state index contributed by atoms with van der Waals surface area (Å²) in [5.41, 5.74) is 1.78. The van der Waals surface area contributed by atoms with Gasteiger partial charge in [-0.25, -0.2) is 0 Å². The van der Waals surface area contributed by atoms with E-state index in [2.05, 4.69) is 5.32 Å². The zero-order valence-corrected chi connectivity index (χ0v) is 17.4. The molecule has 2 aromatic carbocycles. The van der Waals surface area contributed by atoms with Crippen LogP contribution in [0.3, 0.4) is 0 Å². The van der Waals surface area contributed by atoms with Crippen LogP contribution in [0.1, 0.15) is 29.3 Å². The van der Waals surface area contributed by atoms with Crippen molar-refractivity contribution in [1.29, 1.82) is 0 Å². The fourth-order valence-electron chi connectivity index (χ4n) is 2.77. The first-order chi connectivity index (χ1) is 14.4. The van der Waals surface area contributed by atoms with Crippen molar-refractivity contribution >= 4 is 23.3 Å². The van der Waals surface area contributed by atoms with Crippen LogP contribution in [0.15, 0.2) is 36.4 Å². The first-order valence-corrected chi connectivity index (χ1v) is 9.23. The number of rotatable bonds is 10. The number of amides is 1. The Hall–Kier alpha value is -3.55. The highest BCUT2D eigenvalue weighted by Crippen LogP contribution is 2.38. The molecule has 0 aliphatic heterocycles. The van der Waals surface area contributed by atoms with Gasteiger partial charge in [0.2, 0.25) is 11.7 Å². The first kappa shape index (κ1) is 22.7. The number of nitrogens with one attached hydrogen (secondary N) is 1. The maximum absolute atomic E-state index is 12.2. The van der Waals surface area contributed by atoms with Crippen molar-refractivity contribution in [2.45, 2.75) is 19.8 Å². The van der Waals surface area contributed by atoms with Crippen LogP contribution < -0.4 is 19.5 Å². The van der Waals surface area contributed by atoms with Crippen LogP contribution in [0, 0.1) is 0 Å². The van der Waals surface area contributed by atoms with E-state index in [0.29, 0.717) is 34.9 Å². The molecule has 0 aliphatic carbocycles. The minimum atomic E-state index is -0.494. The van der Waals surface area contributed by atoms with Crippen LogP contribution in [0.2, 0.25) is 0 Å². The lowest BCUT2D eigenvalue weighted by Gasteiger charge is -2.14. The Labute approximate surface area is 175 Å². The third kappa shape index (κ3) is 6.23. The minimum Gasteiger partial charge on any atom is -0.493 e. The van der Waals surface area contributed by atoms with Gasteiger partial charge in [-0.3, -0.25) is 14.4 Å². The van der Waals surface area contributed by atoms with E-state index in [0.717, 1.165) is 5.56 Å². The number of carbonyl (C=O) groups excluding carboxylic acids is 3. The molecule has 0 spiro atoms. The molecule has 0 saturated heterocycles. The Morgan fingerprint density at radius 3 is 2.00 bits per heavy atom. The van der Waals surface area contributed by atoms with Gasteiger partial charge in [-0.05, 0) is 48.4 Å². The number of carbonyl (C=O) groups is 3. The standard InChI is InChI=1S/C22H25NO7/c1-14(24)23-17-8-6-16(7-9-17)18(25)13-30-21(26)10-5-15-11-19(27-2)22(29-4)20(12-15)28-3/h6-9,11-12H,5,10,13H2,1-4H3,(H,23,24). The molecular formula is C22H25NO7. The summed E-state index contributed by atoms with van der Waals surface area (Å²) >= 11 is 0. The molecule has 2 rings (SSSR count). The van der Waals surface area contributed by atoms with Crippen LogP contribution in [0.4, 0.5) is 5.69 Å². The summed E-state index contributed by atoms with van der Waals surface area (Å²) in [5.74, 6) is 0.449. The number of anilines is 1. The van der Waals surface area contributed by atoms with E-state index in [1.807, 2.05) is 0 Å². The summed E-state index contributed by atoms with van der Waals surface area (Å²) in [6.45, 7) is 1.05. The van der Waals surface area contributed by atoms with Gasteiger partial charge in [0.05, 0.1) is 21.3 Å². The van der Waals surface area contributed by atoms with Gasteiger partial charge in [-0.15, -0.1) is 0 Å². The average Bonchev–Trinajstić information content (AvgIpc) is 2.75. The summed E-state index contributed by atoms with van der Waals surface area (Å²) in [6.07, 6.45) is 0.475. The molecule has 1 N–H and O–H groups in total. The zero-order chi connectivity index (χ0) is 22.1. The number of Topliss-reactive ketones (excluding diaryl/α,β-unsaturated/α-hetero) is 1. The Morgan fingerprint density at radius 1 is 0.900 bits per heavy atom. The molecule has 0 radical (unpaired) electrons. The number of methoxy groups -OCH3 is 3. The summed E-state index contributed by atoms with van der Waals surface area (Å²) in [4.78, 5) is 35.3. The van der Waals surface area contributed by atoms with Crippen molar-refractivity contribution in [3.05, 3.63) is 47.5 Å². The molecule has 8 heteroatoms. The lowest BCUT2D eigenvalue weighted by molar-refractivity contribution is -0.142. The topological polar surface area (TPSA) is 100 Å². The third-order valence-electron chi connectivity index (χ3n) is 4.23. The van der Waals surface area contributed by atoms with Gasteiger partial charge < -0.3 is 24.3 Å². The van der Waals surface area contributed by atoms with Crippen molar-refractivity contribution in [2.75, 3.05) is 33.3 Å². The monoisotopic (exact) mass is 415 g/mol. The largest absolute Gasteiger partial charge is 0.493 e. The third-order valence-corrected chi connectivity index (χ3v) is 4.23. The van der Waals surface area contributed by atoms with E-state index in [4.69, 9.17) is 18.9 Å². The van der Waals surface area contributed by atoms with Gasteiger partial charge in [0, 0.05) is 24.6 Å². The summed E-state index contributed by atoms with van der Waals surface area (Å²) in [7, 11) is 4.55. The molecule has 2 aromatic rings. The van der Waals surface area contributed by atoms with Crippen LogP contribution in [0.5, 0.6) is 17.2 Å². The van der Waals surface area contributed by atoms with Crippen molar-refractivity contribution in [3.8, 4) is 17.2 Å². The van der Waals surface area contributed by atoms with E-state index in [1.165, 1.54) is 28.3 Å². The lowest BCUT2D eigenvalue weighted by Crippen LogP contribution is -2.14. The average molecular weight is 415 g/mol. The Bertz CT molecular complexity index is 881. The van der Waals surface area contributed by atoms with Crippen LogP contribution in [-0.2, 0) is 20.7 Å². The van der Waals surface area contributed by atoms with Gasteiger partial charge in [-0.2, -0.15) is 0 Å². The number of ketones is 1. The maximum Gasteiger partial charge on any atom is 0.306 e. The second kappa shape index (κ2) is 10.8. The first-order valence-electron chi connectivity index (χ1n) is 9.23. The van der Waals surface area contributed by atoms with Crippen LogP contribution >= 0.6 is 0 Å². The van der Waals surface area contributed by atoms with E-state index < -0.39 is 5.97 Å². The van der Waals surface area contributed by atoms with E-state index >= 15 is 0 Å². The van der Waals surface area contributed by atoms with E-state index in [-0.39, 0.29) is 24.7 Å². The molecule has 1 amide bonds. The molecule has 0 heterocycles. The smallest absolute Gasteiger partial charge is 0.306 e. The molecule has 0 aliphatic rings. The Balaban J connectivity index is 1.89. The van der Waals surface area contributed by atoms with Gasteiger partial charge in [0.1, 0.15) is 0 Å². The highest BCUT2D eigenvalue weighted by atomic mass is 16.5. The minimum absolute atomic E-state index is 0.0907. The lowest BCUT2D eigenvalue weighted by atomic mass is 10.1. The molecule has 0 aromatic heterocycles. The van der Waals surface area contributed by atoms with E-state index in [9.17, 15) is 14.4 Å². The SMILES string of the molecule is COc1cc(CCC(=O)OCC(=O)c2ccc(NC(C)=O)cc2)cc(OC)c1OC. The van der Waals surface area contributed by atoms with Crippen molar-refractivity contribution in [3.63, 3.8) is 0 Å². The number of hydrogen-bond donors (Lipinski definition) is 1. The van der Waals surface area contributed by atoms with E-state index in [1.54, 1.807) is 36.4 Å². The number of hydrogen-bond acceptors (Lipinski definition) is 7. The highest BCUT2D eigenvalue weighted by Gasteiger charge is 2.15. The van der Waals surface area contributed by atoms with Crippen LogP contribution in [-0.4, -0.2) is 45.6 Å². The summed E-state index contributed by atoms with van der Waals surface area (Å²) < 4.78 is 20.9. The molecule has 30 heavy (non-hydrogen) atoms. The van der Waals surface area contributed by atoms with Gasteiger partial charge >= 0.3 is 5.97 Å². The zero-order valence-electron chi connectivity index (χ0n) is 17.4. The molecular weight excluding hydrogens is 390 g/mol. The number of aryl methyl sites for hydroxylation is 1. The quantitative estimate of drug-likeness (QED) is 0.470. The Morgan fingerprint density at radius 2 is 1.50 bits per heavy atom. The molecule has 160 valence electrons. The molecule has 0 fully saturated rings. The second-order valence-electron chi connectivity index (χ2n) is 6.38. The number of esters is 1. The van der Waals surface area contributed by atoms with Gasteiger partial charge in [-0.1, -0.05) is 0 Å².